The number of likely N-dealkylation sites (tertiary alicyclic amines) is 1. The Morgan fingerprint density at radius 3 is 2.73 bits per heavy atom. The van der Waals surface area contributed by atoms with Crippen molar-refractivity contribution in [3.8, 4) is 11.1 Å². The lowest BCUT2D eigenvalue weighted by atomic mass is 9.78. The third kappa shape index (κ3) is 4.18. The molecule has 2 amide bonds. The number of aryl methyl sites for hydroxylation is 1. The highest BCUT2D eigenvalue weighted by atomic mass is 16.2. The molecule has 0 unspecified atom stereocenters. The molecule has 1 saturated heterocycles. The molecule has 0 aromatic heterocycles. The predicted octanol–water partition coefficient (Wildman–Crippen LogP) is 4.14. The third-order valence-corrected chi connectivity index (χ3v) is 6.36. The summed E-state index contributed by atoms with van der Waals surface area (Å²) >= 11 is 0. The summed E-state index contributed by atoms with van der Waals surface area (Å²) in [6.45, 7) is 7.41. The maximum absolute atomic E-state index is 13.3. The SMILES string of the molecule is C=CCNC(=O)[C@@]1(Cc2ccccc2-c2cccc(C)c2)CCN(C(=O)C2CC2)C1. The van der Waals surface area contributed by atoms with Gasteiger partial charge in [0.15, 0.2) is 0 Å². The minimum Gasteiger partial charge on any atom is -0.352 e. The second-order valence-electron chi connectivity index (χ2n) is 8.77. The van der Waals surface area contributed by atoms with E-state index in [-0.39, 0.29) is 17.7 Å². The van der Waals surface area contributed by atoms with E-state index in [4.69, 9.17) is 0 Å². The van der Waals surface area contributed by atoms with E-state index in [1.807, 2.05) is 17.0 Å². The van der Waals surface area contributed by atoms with Crippen LogP contribution in [0.25, 0.3) is 11.1 Å². The largest absolute Gasteiger partial charge is 0.352 e. The Balaban J connectivity index is 1.65. The standard InChI is InChI=1S/C26H30N2O2/c1-3-14-27-25(30)26(13-15-28(18-26)24(29)20-11-12-20)17-22-8-4-5-10-23(22)21-9-6-7-19(2)16-21/h3-10,16,20H,1,11-15,17-18H2,2H3,(H,27,30)/t26-/m1/s1. The number of nitrogens with zero attached hydrogens (tertiary/aromatic N) is 1. The van der Waals surface area contributed by atoms with E-state index in [0.29, 0.717) is 32.5 Å². The molecule has 2 fully saturated rings. The van der Waals surface area contributed by atoms with Crippen molar-refractivity contribution in [3.05, 3.63) is 72.3 Å². The Hall–Kier alpha value is -2.88. The van der Waals surface area contributed by atoms with Crippen LogP contribution < -0.4 is 5.32 Å². The number of hydrogen-bond acceptors (Lipinski definition) is 2. The molecule has 1 atom stereocenters. The average Bonchev–Trinajstić information content (AvgIpc) is 3.52. The fraction of sp³-hybridized carbons (Fsp3) is 0.385. The van der Waals surface area contributed by atoms with E-state index in [1.54, 1.807) is 6.08 Å². The van der Waals surface area contributed by atoms with Crippen molar-refractivity contribution < 1.29 is 9.59 Å². The minimum absolute atomic E-state index is 0.0209. The summed E-state index contributed by atoms with van der Waals surface area (Å²) in [4.78, 5) is 27.9. The fourth-order valence-corrected chi connectivity index (χ4v) is 4.54. The maximum atomic E-state index is 13.3. The summed E-state index contributed by atoms with van der Waals surface area (Å²) in [5, 5.41) is 3.01. The van der Waals surface area contributed by atoms with E-state index in [0.717, 1.165) is 29.5 Å². The average molecular weight is 403 g/mol. The molecule has 0 bridgehead atoms. The van der Waals surface area contributed by atoms with Gasteiger partial charge in [0, 0.05) is 25.6 Å². The van der Waals surface area contributed by atoms with Crippen molar-refractivity contribution in [2.45, 2.75) is 32.6 Å². The number of nitrogens with one attached hydrogen (secondary N) is 1. The van der Waals surface area contributed by atoms with Crippen LogP contribution in [-0.2, 0) is 16.0 Å². The molecule has 2 aliphatic rings. The molecule has 156 valence electrons. The number of hydrogen-bond donors (Lipinski definition) is 1. The van der Waals surface area contributed by atoms with Gasteiger partial charge in [-0.15, -0.1) is 6.58 Å². The van der Waals surface area contributed by atoms with Crippen molar-refractivity contribution in [2.75, 3.05) is 19.6 Å². The van der Waals surface area contributed by atoms with Crippen LogP contribution in [0.5, 0.6) is 0 Å². The summed E-state index contributed by atoms with van der Waals surface area (Å²) in [5.74, 6) is 0.421. The number of benzene rings is 2. The third-order valence-electron chi connectivity index (χ3n) is 6.36. The van der Waals surface area contributed by atoms with Crippen LogP contribution in [0.2, 0.25) is 0 Å². The molecule has 1 saturated carbocycles. The summed E-state index contributed by atoms with van der Waals surface area (Å²) in [5.41, 5.74) is 4.08. The van der Waals surface area contributed by atoms with Gasteiger partial charge in [0.2, 0.25) is 11.8 Å². The molecule has 4 heteroatoms. The van der Waals surface area contributed by atoms with Gasteiger partial charge in [-0.25, -0.2) is 0 Å². The number of carbonyl (C=O) groups excluding carboxylic acids is 2. The van der Waals surface area contributed by atoms with E-state index in [2.05, 4.69) is 55.2 Å². The molecular weight excluding hydrogens is 372 g/mol. The molecule has 1 heterocycles. The van der Waals surface area contributed by atoms with Crippen molar-refractivity contribution in [1.29, 1.82) is 0 Å². The summed E-state index contributed by atoms with van der Waals surface area (Å²) < 4.78 is 0. The zero-order chi connectivity index (χ0) is 21.1. The smallest absolute Gasteiger partial charge is 0.228 e. The summed E-state index contributed by atoms with van der Waals surface area (Å²) in [6, 6.07) is 16.8. The van der Waals surface area contributed by atoms with Crippen LogP contribution in [0.1, 0.15) is 30.4 Å². The second-order valence-corrected chi connectivity index (χ2v) is 8.77. The molecule has 1 N–H and O–H groups in total. The van der Waals surface area contributed by atoms with Crippen molar-refractivity contribution in [3.63, 3.8) is 0 Å². The van der Waals surface area contributed by atoms with Gasteiger partial charge in [-0.2, -0.15) is 0 Å². The first-order valence-corrected chi connectivity index (χ1v) is 10.9. The molecule has 0 radical (unpaired) electrons. The normalized spacial score (nSPS) is 20.8. The Morgan fingerprint density at radius 2 is 2.00 bits per heavy atom. The van der Waals surface area contributed by atoms with Crippen LogP contribution in [-0.4, -0.2) is 36.3 Å². The summed E-state index contributed by atoms with van der Waals surface area (Å²) in [7, 11) is 0. The Morgan fingerprint density at radius 1 is 1.20 bits per heavy atom. The first-order chi connectivity index (χ1) is 14.5. The zero-order valence-electron chi connectivity index (χ0n) is 17.7. The molecule has 4 nitrogen and oxygen atoms in total. The molecule has 1 aliphatic heterocycles. The monoisotopic (exact) mass is 402 g/mol. The topological polar surface area (TPSA) is 49.4 Å². The van der Waals surface area contributed by atoms with E-state index in [9.17, 15) is 9.59 Å². The molecule has 1 aliphatic carbocycles. The van der Waals surface area contributed by atoms with E-state index < -0.39 is 5.41 Å². The highest BCUT2D eigenvalue weighted by Gasteiger charge is 2.48. The van der Waals surface area contributed by atoms with Crippen LogP contribution in [0, 0.1) is 18.3 Å². The van der Waals surface area contributed by atoms with Crippen molar-refractivity contribution in [2.24, 2.45) is 11.3 Å². The lowest BCUT2D eigenvalue weighted by molar-refractivity contribution is -0.134. The molecule has 2 aromatic carbocycles. The minimum atomic E-state index is -0.604. The van der Waals surface area contributed by atoms with Crippen molar-refractivity contribution >= 4 is 11.8 Å². The van der Waals surface area contributed by atoms with Gasteiger partial charge >= 0.3 is 0 Å². The highest BCUT2D eigenvalue weighted by molar-refractivity contribution is 5.87. The van der Waals surface area contributed by atoms with Gasteiger partial charge in [0.05, 0.1) is 5.41 Å². The fourth-order valence-electron chi connectivity index (χ4n) is 4.54. The van der Waals surface area contributed by atoms with E-state index in [1.165, 1.54) is 5.56 Å². The zero-order valence-corrected chi connectivity index (χ0v) is 17.7. The quantitative estimate of drug-likeness (QED) is 0.708. The molecule has 4 rings (SSSR count). The number of rotatable bonds is 7. The number of carbonyl (C=O) groups is 2. The van der Waals surface area contributed by atoms with Gasteiger partial charge in [-0.3, -0.25) is 9.59 Å². The first kappa shape index (κ1) is 20.4. The van der Waals surface area contributed by atoms with Gasteiger partial charge in [-0.05, 0) is 49.3 Å². The molecular formula is C26H30N2O2. The first-order valence-electron chi connectivity index (χ1n) is 10.9. The number of amides is 2. The van der Waals surface area contributed by atoms with Crippen LogP contribution in [0.4, 0.5) is 0 Å². The van der Waals surface area contributed by atoms with Gasteiger partial charge in [0.1, 0.15) is 0 Å². The van der Waals surface area contributed by atoms with E-state index >= 15 is 0 Å². The second kappa shape index (κ2) is 8.47. The van der Waals surface area contributed by atoms with Gasteiger partial charge in [0.25, 0.3) is 0 Å². The Labute approximate surface area is 179 Å². The highest BCUT2D eigenvalue weighted by Crippen LogP contribution is 2.40. The van der Waals surface area contributed by atoms with Crippen LogP contribution in [0.3, 0.4) is 0 Å². The maximum Gasteiger partial charge on any atom is 0.228 e. The lowest BCUT2D eigenvalue weighted by Gasteiger charge is -2.29. The predicted molar refractivity (Wildman–Crippen MR) is 120 cm³/mol. The van der Waals surface area contributed by atoms with Crippen LogP contribution >= 0.6 is 0 Å². The molecule has 0 spiro atoms. The Bertz CT molecular complexity index is 963. The summed E-state index contributed by atoms with van der Waals surface area (Å²) in [6.07, 6.45) is 4.99. The Kier molecular flexibility index (Phi) is 5.76. The lowest BCUT2D eigenvalue weighted by Crippen LogP contribution is -2.45. The van der Waals surface area contributed by atoms with Crippen molar-refractivity contribution in [1.82, 2.24) is 10.2 Å². The molecule has 2 aromatic rings. The van der Waals surface area contributed by atoms with Crippen LogP contribution in [0.15, 0.2) is 61.2 Å². The molecule has 30 heavy (non-hydrogen) atoms. The van der Waals surface area contributed by atoms with Gasteiger partial charge < -0.3 is 10.2 Å². The van der Waals surface area contributed by atoms with Gasteiger partial charge in [-0.1, -0.05) is 60.2 Å².